The van der Waals surface area contributed by atoms with E-state index < -0.39 is 23.5 Å². The minimum absolute atomic E-state index is 0.0868. The maximum absolute atomic E-state index is 13.2. The molecule has 0 aromatic heterocycles. The van der Waals surface area contributed by atoms with E-state index in [4.69, 9.17) is 5.26 Å². The molecule has 0 fully saturated rings. The van der Waals surface area contributed by atoms with Gasteiger partial charge in [0, 0.05) is 5.69 Å². The van der Waals surface area contributed by atoms with Gasteiger partial charge in [-0.1, -0.05) is 12.1 Å². The van der Waals surface area contributed by atoms with Crippen LogP contribution in [0, 0.1) is 24.1 Å². The number of nitrogens with one attached hydrogen (secondary N) is 1. The summed E-state index contributed by atoms with van der Waals surface area (Å²) in [6.45, 7) is 1.53. The van der Waals surface area contributed by atoms with Crippen LogP contribution in [0.2, 0.25) is 0 Å². The van der Waals surface area contributed by atoms with Gasteiger partial charge >= 0.3 is 6.18 Å². The van der Waals surface area contributed by atoms with Gasteiger partial charge in [0.2, 0.25) is 0 Å². The first-order valence-corrected chi connectivity index (χ1v) is 7.07. The van der Waals surface area contributed by atoms with Crippen molar-refractivity contribution in [2.24, 2.45) is 0 Å². The predicted octanol–water partition coefficient (Wildman–Crippen LogP) is 4.70. The standard InChI is InChI=1S/C18H12F4N2O/c1-11-7-12(5-6-16(11)19)8-13(10-23)17(25)24-15-4-2-3-14(9-15)18(20,21)22/h2-9H,1H3,(H,24,25)/b13-8-. The molecule has 7 heteroatoms. The van der Waals surface area contributed by atoms with Crippen molar-refractivity contribution in [3.8, 4) is 6.07 Å². The molecular formula is C18H12F4N2O. The van der Waals surface area contributed by atoms with Gasteiger partial charge in [-0.2, -0.15) is 18.4 Å². The molecule has 0 aliphatic rings. The molecule has 0 heterocycles. The number of rotatable bonds is 3. The summed E-state index contributed by atoms with van der Waals surface area (Å²) in [6, 6.07) is 9.79. The van der Waals surface area contributed by atoms with Gasteiger partial charge in [0.1, 0.15) is 17.5 Å². The lowest BCUT2D eigenvalue weighted by Gasteiger charge is -2.09. The van der Waals surface area contributed by atoms with Gasteiger partial charge < -0.3 is 5.32 Å². The minimum Gasteiger partial charge on any atom is -0.321 e. The van der Waals surface area contributed by atoms with Gasteiger partial charge in [0.05, 0.1) is 5.56 Å². The van der Waals surface area contributed by atoms with Gasteiger partial charge in [-0.3, -0.25) is 4.79 Å². The highest BCUT2D eigenvalue weighted by Crippen LogP contribution is 2.30. The van der Waals surface area contributed by atoms with E-state index in [2.05, 4.69) is 5.32 Å². The lowest BCUT2D eigenvalue weighted by molar-refractivity contribution is -0.137. The zero-order valence-corrected chi connectivity index (χ0v) is 13.0. The third kappa shape index (κ3) is 4.67. The lowest BCUT2D eigenvalue weighted by Crippen LogP contribution is -2.14. The zero-order chi connectivity index (χ0) is 18.6. The van der Waals surface area contributed by atoms with Crippen molar-refractivity contribution in [2.45, 2.75) is 13.1 Å². The molecule has 0 saturated carbocycles. The number of anilines is 1. The van der Waals surface area contributed by atoms with Crippen LogP contribution in [0.3, 0.4) is 0 Å². The Morgan fingerprint density at radius 3 is 2.52 bits per heavy atom. The number of hydrogen-bond acceptors (Lipinski definition) is 2. The van der Waals surface area contributed by atoms with Gasteiger partial charge in [0.15, 0.2) is 0 Å². The van der Waals surface area contributed by atoms with Crippen molar-refractivity contribution < 1.29 is 22.4 Å². The number of carbonyl (C=O) groups excluding carboxylic acids is 1. The molecule has 1 amide bonds. The number of alkyl halides is 3. The molecule has 0 atom stereocenters. The number of aryl methyl sites for hydroxylation is 1. The van der Waals surface area contributed by atoms with E-state index in [1.165, 1.54) is 37.3 Å². The largest absolute Gasteiger partial charge is 0.416 e. The third-order valence-electron chi connectivity index (χ3n) is 3.31. The van der Waals surface area contributed by atoms with Crippen molar-refractivity contribution in [1.29, 1.82) is 5.26 Å². The van der Waals surface area contributed by atoms with Gasteiger partial charge in [-0.05, 0) is 54.5 Å². The molecule has 0 aliphatic heterocycles. The molecule has 25 heavy (non-hydrogen) atoms. The topological polar surface area (TPSA) is 52.9 Å². The molecule has 0 saturated heterocycles. The number of halogens is 4. The molecular weight excluding hydrogens is 336 g/mol. The smallest absolute Gasteiger partial charge is 0.321 e. The summed E-state index contributed by atoms with van der Waals surface area (Å²) in [5.41, 5.74) is -0.555. The summed E-state index contributed by atoms with van der Waals surface area (Å²) in [4.78, 5) is 12.1. The van der Waals surface area contributed by atoms with Crippen LogP contribution in [0.1, 0.15) is 16.7 Å². The van der Waals surface area contributed by atoms with Gasteiger partial charge in [-0.15, -0.1) is 0 Å². The first kappa shape index (κ1) is 18.2. The van der Waals surface area contributed by atoms with Crippen LogP contribution >= 0.6 is 0 Å². The van der Waals surface area contributed by atoms with E-state index in [9.17, 15) is 22.4 Å². The van der Waals surface area contributed by atoms with E-state index in [0.717, 1.165) is 18.2 Å². The highest BCUT2D eigenvalue weighted by Gasteiger charge is 2.30. The predicted molar refractivity (Wildman–Crippen MR) is 84.8 cm³/mol. The number of benzene rings is 2. The first-order valence-electron chi connectivity index (χ1n) is 7.07. The monoisotopic (exact) mass is 348 g/mol. The molecule has 1 N–H and O–H groups in total. The van der Waals surface area contributed by atoms with Gasteiger partial charge in [-0.25, -0.2) is 4.39 Å². The molecule has 128 valence electrons. The highest BCUT2D eigenvalue weighted by atomic mass is 19.4. The fourth-order valence-corrected chi connectivity index (χ4v) is 2.04. The van der Waals surface area contributed by atoms with E-state index >= 15 is 0 Å². The number of carbonyl (C=O) groups is 1. The second-order valence-corrected chi connectivity index (χ2v) is 5.21. The Hall–Kier alpha value is -3.14. The highest BCUT2D eigenvalue weighted by molar-refractivity contribution is 6.09. The molecule has 0 unspecified atom stereocenters. The molecule has 0 aliphatic carbocycles. The van der Waals surface area contributed by atoms with Crippen LogP contribution in [0.15, 0.2) is 48.0 Å². The molecule has 0 radical (unpaired) electrons. The quantitative estimate of drug-likeness (QED) is 0.497. The lowest BCUT2D eigenvalue weighted by atomic mass is 10.1. The number of hydrogen-bond donors (Lipinski definition) is 1. The third-order valence-corrected chi connectivity index (χ3v) is 3.31. The SMILES string of the molecule is Cc1cc(/C=C(/C#N)C(=O)Nc2cccc(C(F)(F)F)c2)ccc1F. The van der Waals surface area contributed by atoms with Crippen LogP contribution in [-0.4, -0.2) is 5.91 Å². The summed E-state index contributed by atoms with van der Waals surface area (Å²) in [6.07, 6.45) is -3.31. The van der Waals surface area contributed by atoms with Crippen molar-refractivity contribution >= 4 is 17.7 Å². The summed E-state index contributed by atoms with van der Waals surface area (Å²) in [7, 11) is 0. The summed E-state index contributed by atoms with van der Waals surface area (Å²) >= 11 is 0. The van der Waals surface area contributed by atoms with E-state index in [0.29, 0.717) is 11.1 Å². The van der Waals surface area contributed by atoms with Crippen molar-refractivity contribution in [1.82, 2.24) is 0 Å². The maximum Gasteiger partial charge on any atom is 0.416 e. The summed E-state index contributed by atoms with van der Waals surface area (Å²) < 4.78 is 51.3. The Labute approximate surface area is 141 Å². The Kier molecular flexibility index (Phi) is 5.22. The Morgan fingerprint density at radius 1 is 1.20 bits per heavy atom. The average molecular weight is 348 g/mol. The maximum atomic E-state index is 13.2. The van der Waals surface area contributed by atoms with Crippen LogP contribution in [0.5, 0.6) is 0 Å². The van der Waals surface area contributed by atoms with Crippen LogP contribution in [0.25, 0.3) is 6.08 Å². The number of amides is 1. The molecule has 2 aromatic rings. The Bertz CT molecular complexity index is 879. The Balaban J connectivity index is 2.25. The first-order chi connectivity index (χ1) is 11.7. The number of nitriles is 1. The fourth-order valence-electron chi connectivity index (χ4n) is 2.04. The summed E-state index contributed by atoms with van der Waals surface area (Å²) in [5.74, 6) is -1.28. The van der Waals surface area contributed by atoms with Crippen molar-refractivity contribution in [2.75, 3.05) is 5.32 Å². The molecule has 0 bridgehead atoms. The van der Waals surface area contributed by atoms with Crippen LogP contribution < -0.4 is 5.32 Å². The van der Waals surface area contributed by atoms with E-state index in [-0.39, 0.29) is 11.3 Å². The summed E-state index contributed by atoms with van der Waals surface area (Å²) in [5, 5.41) is 11.4. The Morgan fingerprint density at radius 2 is 1.92 bits per heavy atom. The van der Waals surface area contributed by atoms with Crippen LogP contribution in [-0.2, 0) is 11.0 Å². The van der Waals surface area contributed by atoms with E-state index in [1.54, 1.807) is 6.07 Å². The zero-order valence-electron chi connectivity index (χ0n) is 13.0. The van der Waals surface area contributed by atoms with Crippen molar-refractivity contribution in [3.05, 3.63) is 70.5 Å². The normalized spacial score (nSPS) is 11.8. The molecule has 0 spiro atoms. The average Bonchev–Trinajstić information content (AvgIpc) is 2.55. The fraction of sp³-hybridized carbons (Fsp3) is 0.111. The second-order valence-electron chi connectivity index (χ2n) is 5.21. The molecule has 3 nitrogen and oxygen atoms in total. The molecule has 2 aromatic carbocycles. The van der Waals surface area contributed by atoms with Crippen molar-refractivity contribution in [3.63, 3.8) is 0 Å². The van der Waals surface area contributed by atoms with Crippen LogP contribution in [0.4, 0.5) is 23.2 Å². The number of nitrogens with zero attached hydrogens (tertiary/aromatic N) is 1. The minimum atomic E-state index is -4.54. The molecule has 2 rings (SSSR count). The second kappa shape index (κ2) is 7.18. The van der Waals surface area contributed by atoms with E-state index in [1.807, 2.05) is 0 Å². The van der Waals surface area contributed by atoms with Gasteiger partial charge in [0.25, 0.3) is 5.91 Å².